The van der Waals surface area contributed by atoms with Crippen LogP contribution < -0.4 is 0 Å². The molecule has 0 saturated carbocycles. The lowest BCUT2D eigenvalue weighted by molar-refractivity contribution is 0.539. The SMILES string of the molecule is C=C(/C=C\C(C)=C/CC)C(C)(CC)c1ccc(C(C)(CC)c2ccc(C)cc2)cc1. The Bertz CT molecular complexity index is 892. The van der Waals surface area contributed by atoms with E-state index >= 15 is 0 Å². The standard InChI is InChI=1S/C30H40/c1-9-12-23(4)13-16-25(6)29(7,10-2)26-19-21-28(22-20-26)30(8,11-3)27-17-14-24(5)15-18-27/h12-22H,6,9-11H2,1-5,7-8H3/b16-13-,23-12-. The number of hydrogen-bond acceptors (Lipinski definition) is 0. The molecule has 0 radical (unpaired) electrons. The molecule has 0 fully saturated rings. The largest absolute Gasteiger partial charge is 0.0949 e. The van der Waals surface area contributed by atoms with Crippen molar-refractivity contribution < 1.29 is 0 Å². The number of benzene rings is 2. The summed E-state index contributed by atoms with van der Waals surface area (Å²) < 4.78 is 0. The zero-order valence-corrected chi connectivity index (χ0v) is 20.2. The van der Waals surface area contributed by atoms with E-state index in [9.17, 15) is 0 Å². The van der Waals surface area contributed by atoms with Crippen molar-refractivity contribution in [2.45, 2.75) is 78.6 Å². The molecule has 0 saturated heterocycles. The predicted octanol–water partition coefficient (Wildman–Crippen LogP) is 8.85. The van der Waals surface area contributed by atoms with Gasteiger partial charge in [0.15, 0.2) is 0 Å². The van der Waals surface area contributed by atoms with E-state index in [1.54, 1.807) is 0 Å². The van der Waals surface area contributed by atoms with Crippen LogP contribution >= 0.6 is 0 Å². The molecule has 0 heteroatoms. The Labute approximate surface area is 185 Å². The molecule has 30 heavy (non-hydrogen) atoms. The molecule has 0 spiro atoms. The van der Waals surface area contributed by atoms with Gasteiger partial charge in [-0.15, -0.1) is 0 Å². The summed E-state index contributed by atoms with van der Waals surface area (Å²) in [5.74, 6) is 0. The molecule has 0 aliphatic carbocycles. The van der Waals surface area contributed by atoms with Gasteiger partial charge in [0.05, 0.1) is 0 Å². The summed E-state index contributed by atoms with van der Waals surface area (Å²) in [5, 5.41) is 0. The summed E-state index contributed by atoms with van der Waals surface area (Å²) in [6, 6.07) is 18.3. The first kappa shape index (κ1) is 23.9. The monoisotopic (exact) mass is 400 g/mol. The van der Waals surface area contributed by atoms with Crippen molar-refractivity contribution in [2.24, 2.45) is 0 Å². The Morgan fingerprint density at radius 2 is 1.30 bits per heavy atom. The third kappa shape index (κ3) is 5.04. The zero-order chi connectivity index (χ0) is 22.4. The second kappa shape index (κ2) is 10.1. The summed E-state index contributed by atoms with van der Waals surface area (Å²) in [6.45, 7) is 20.1. The van der Waals surface area contributed by atoms with Crippen molar-refractivity contribution in [1.82, 2.24) is 0 Å². The number of allylic oxidation sites excluding steroid dienone is 5. The predicted molar refractivity (Wildman–Crippen MR) is 134 cm³/mol. The van der Waals surface area contributed by atoms with Crippen LogP contribution in [0.1, 0.15) is 83.1 Å². The maximum absolute atomic E-state index is 4.44. The second-order valence-electron chi connectivity index (χ2n) is 9.03. The fourth-order valence-corrected chi connectivity index (χ4v) is 4.12. The Morgan fingerprint density at radius 3 is 1.77 bits per heavy atom. The Hall–Kier alpha value is -2.34. The molecule has 0 heterocycles. The lowest BCUT2D eigenvalue weighted by Crippen LogP contribution is -2.25. The molecule has 0 amide bonds. The molecule has 0 bridgehead atoms. The maximum Gasteiger partial charge on any atom is 0.0172 e. The molecule has 0 aliphatic rings. The summed E-state index contributed by atoms with van der Waals surface area (Å²) >= 11 is 0. The Morgan fingerprint density at radius 1 is 0.800 bits per heavy atom. The summed E-state index contributed by atoms with van der Waals surface area (Å²) in [6.07, 6.45) is 9.79. The van der Waals surface area contributed by atoms with E-state index in [0.717, 1.165) is 19.3 Å². The van der Waals surface area contributed by atoms with E-state index in [1.165, 1.54) is 33.4 Å². The minimum atomic E-state index is -0.0615. The molecule has 160 valence electrons. The fraction of sp³-hybridized carbons (Fsp3) is 0.400. The van der Waals surface area contributed by atoms with Gasteiger partial charge in [-0.3, -0.25) is 0 Å². The van der Waals surface area contributed by atoms with E-state index in [0.29, 0.717) is 0 Å². The van der Waals surface area contributed by atoms with Crippen molar-refractivity contribution in [1.29, 1.82) is 0 Å². The van der Waals surface area contributed by atoms with Crippen LogP contribution in [0, 0.1) is 6.92 Å². The third-order valence-corrected chi connectivity index (χ3v) is 7.04. The van der Waals surface area contributed by atoms with E-state index in [-0.39, 0.29) is 10.8 Å². The van der Waals surface area contributed by atoms with Crippen LogP contribution in [0.25, 0.3) is 0 Å². The van der Waals surface area contributed by atoms with Crippen molar-refractivity contribution in [3.05, 3.63) is 107 Å². The van der Waals surface area contributed by atoms with Gasteiger partial charge in [0.1, 0.15) is 0 Å². The minimum absolute atomic E-state index is 0.0216. The topological polar surface area (TPSA) is 0 Å². The first-order valence-electron chi connectivity index (χ1n) is 11.4. The molecule has 0 aliphatic heterocycles. The molecule has 0 aromatic heterocycles. The Kier molecular flexibility index (Phi) is 8.07. The molecule has 0 N–H and O–H groups in total. The molecule has 2 rings (SSSR count). The highest BCUT2D eigenvalue weighted by Crippen LogP contribution is 2.39. The van der Waals surface area contributed by atoms with Crippen molar-refractivity contribution in [3.8, 4) is 0 Å². The van der Waals surface area contributed by atoms with E-state index in [4.69, 9.17) is 0 Å². The molecule has 2 atom stereocenters. The summed E-state index contributed by atoms with van der Waals surface area (Å²) in [5.41, 5.74) is 7.82. The number of hydrogen-bond donors (Lipinski definition) is 0. The number of rotatable bonds is 9. The first-order chi connectivity index (χ1) is 14.2. The lowest BCUT2D eigenvalue weighted by Gasteiger charge is -2.33. The van der Waals surface area contributed by atoms with Gasteiger partial charge < -0.3 is 0 Å². The van der Waals surface area contributed by atoms with Gasteiger partial charge in [-0.2, -0.15) is 0 Å². The van der Waals surface area contributed by atoms with Gasteiger partial charge in [-0.1, -0.05) is 119 Å². The first-order valence-corrected chi connectivity index (χ1v) is 11.4. The number of aryl methyl sites for hydroxylation is 1. The van der Waals surface area contributed by atoms with E-state index in [1.807, 2.05) is 0 Å². The van der Waals surface area contributed by atoms with Crippen molar-refractivity contribution in [2.75, 3.05) is 0 Å². The fourth-order valence-electron chi connectivity index (χ4n) is 4.12. The van der Waals surface area contributed by atoms with Gasteiger partial charge in [-0.25, -0.2) is 0 Å². The van der Waals surface area contributed by atoms with E-state index in [2.05, 4.69) is 122 Å². The highest BCUT2D eigenvalue weighted by molar-refractivity contribution is 5.45. The Balaban J connectivity index is 2.36. The van der Waals surface area contributed by atoms with Gasteiger partial charge >= 0.3 is 0 Å². The molecular weight excluding hydrogens is 360 g/mol. The van der Waals surface area contributed by atoms with Crippen LogP contribution in [-0.4, -0.2) is 0 Å². The molecule has 0 nitrogen and oxygen atoms in total. The maximum atomic E-state index is 4.44. The summed E-state index contributed by atoms with van der Waals surface area (Å²) in [7, 11) is 0. The van der Waals surface area contributed by atoms with Crippen LogP contribution in [0.4, 0.5) is 0 Å². The molecule has 2 aromatic rings. The molecular formula is C30H40. The second-order valence-corrected chi connectivity index (χ2v) is 9.03. The zero-order valence-electron chi connectivity index (χ0n) is 20.2. The van der Waals surface area contributed by atoms with Crippen LogP contribution in [0.2, 0.25) is 0 Å². The van der Waals surface area contributed by atoms with Crippen LogP contribution in [0.3, 0.4) is 0 Å². The lowest BCUT2D eigenvalue weighted by atomic mass is 9.71. The average molecular weight is 401 g/mol. The highest BCUT2D eigenvalue weighted by Gasteiger charge is 2.30. The van der Waals surface area contributed by atoms with Crippen molar-refractivity contribution >= 4 is 0 Å². The molecule has 2 unspecified atom stereocenters. The van der Waals surface area contributed by atoms with Gasteiger partial charge in [0, 0.05) is 10.8 Å². The van der Waals surface area contributed by atoms with Crippen molar-refractivity contribution in [3.63, 3.8) is 0 Å². The van der Waals surface area contributed by atoms with Gasteiger partial charge in [-0.05, 0) is 55.4 Å². The van der Waals surface area contributed by atoms with Gasteiger partial charge in [0.25, 0.3) is 0 Å². The average Bonchev–Trinajstić information content (AvgIpc) is 2.77. The smallest absolute Gasteiger partial charge is 0.0172 e. The van der Waals surface area contributed by atoms with Crippen LogP contribution in [0.15, 0.2) is 84.5 Å². The van der Waals surface area contributed by atoms with Crippen LogP contribution in [0.5, 0.6) is 0 Å². The molecule has 2 aromatic carbocycles. The quantitative estimate of drug-likeness (QED) is 0.369. The van der Waals surface area contributed by atoms with Gasteiger partial charge in [0.2, 0.25) is 0 Å². The van der Waals surface area contributed by atoms with Crippen LogP contribution in [-0.2, 0) is 10.8 Å². The van der Waals surface area contributed by atoms with E-state index < -0.39 is 0 Å². The summed E-state index contributed by atoms with van der Waals surface area (Å²) in [4.78, 5) is 0. The highest BCUT2D eigenvalue weighted by atomic mass is 14.3. The normalized spacial score (nSPS) is 16.3. The third-order valence-electron chi connectivity index (χ3n) is 7.04. The minimum Gasteiger partial charge on any atom is -0.0949 e.